The number of oxazole rings is 1. The summed E-state index contributed by atoms with van der Waals surface area (Å²) >= 11 is 3.39. The normalized spacial score (nSPS) is 14.0. The fourth-order valence-corrected chi connectivity index (χ4v) is 2.79. The van der Waals surface area contributed by atoms with Crippen LogP contribution in [0, 0.1) is 6.92 Å². The van der Waals surface area contributed by atoms with Gasteiger partial charge in [0.05, 0.1) is 5.69 Å². The van der Waals surface area contributed by atoms with E-state index < -0.39 is 18.0 Å². The molecule has 2 amide bonds. The molecular weight excluding hydrogens is 408 g/mol. The van der Waals surface area contributed by atoms with Crippen LogP contribution in [0.1, 0.15) is 24.3 Å². The molecule has 1 aromatic heterocycles. The standard InChI is InChI=1S/C17H15BrN2O6/c1-10-13(19-16(25-10)11-3-2-4-12(18)9-11)7-8-24-17(23)26-20-14(21)5-6-15(20)22/h2-4,9H,5-8H2,1H3. The van der Waals surface area contributed by atoms with Crippen molar-refractivity contribution < 1.29 is 28.4 Å². The second-order valence-corrected chi connectivity index (χ2v) is 6.47. The van der Waals surface area contributed by atoms with E-state index in [1.807, 2.05) is 24.3 Å². The summed E-state index contributed by atoms with van der Waals surface area (Å²) in [5.74, 6) is -0.0348. The van der Waals surface area contributed by atoms with Crippen molar-refractivity contribution in [1.82, 2.24) is 10.0 Å². The summed E-state index contributed by atoms with van der Waals surface area (Å²) in [5, 5.41) is 0.440. The topological polar surface area (TPSA) is 98.9 Å². The van der Waals surface area contributed by atoms with E-state index in [-0.39, 0.29) is 19.4 Å². The summed E-state index contributed by atoms with van der Waals surface area (Å²) in [6, 6.07) is 7.53. The van der Waals surface area contributed by atoms with Gasteiger partial charge in [-0.15, -0.1) is 0 Å². The molecule has 0 unspecified atom stereocenters. The Bertz CT molecular complexity index is 847. The van der Waals surface area contributed by atoms with Crippen LogP contribution in [0.15, 0.2) is 33.2 Å². The smallest absolute Gasteiger partial charge is 0.441 e. The van der Waals surface area contributed by atoms with Crippen molar-refractivity contribution in [3.8, 4) is 11.5 Å². The van der Waals surface area contributed by atoms with Gasteiger partial charge in [-0.3, -0.25) is 14.4 Å². The Morgan fingerprint density at radius 1 is 1.31 bits per heavy atom. The molecule has 1 saturated heterocycles. The van der Waals surface area contributed by atoms with E-state index in [0.29, 0.717) is 28.8 Å². The molecule has 2 heterocycles. The monoisotopic (exact) mass is 422 g/mol. The molecular formula is C17H15BrN2O6. The maximum Gasteiger partial charge on any atom is 0.533 e. The number of imide groups is 1. The van der Waals surface area contributed by atoms with E-state index in [2.05, 4.69) is 25.8 Å². The number of benzene rings is 1. The van der Waals surface area contributed by atoms with Crippen LogP contribution in [0.5, 0.6) is 0 Å². The molecule has 0 atom stereocenters. The van der Waals surface area contributed by atoms with Gasteiger partial charge in [0, 0.05) is 29.3 Å². The van der Waals surface area contributed by atoms with E-state index in [0.717, 1.165) is 10.0 Å². The molecule has 26 heavy (non-hydrogen) atoms. The SMILES string of the molecule is Cc1oc(-c2cccc(Br)c2)nc1CCOC(=O)ON1C(=O)CCC1=O. The molecule has 1 aliphatic rings. The van der Waals surface area contributed by atoms with Crippen molar-refractivity contribution >= 4 is 33.9 Å². The molecule has 8 nitrogen and oxygen atoms in total. The lowest BCUT2D eigenvalue weighted by atomic mass is 10.2. The number of aryl methyl sites for hydroxylation is 1. The first-order chi connectivity index (χ1) is 12.4. The zero-order chi connectivity index (χ0) is 18.7. The highest BCUT2D eigenvalue weighted by Gasteiger charge is 2.33. The van der Waals surface area contributed by atoms with Gasteiger partial charge in [0.1, 0.15) is 12.4 Å². The second kappa shape index (κ2) is 7.69. The number of hydroxylamine groups is 2. The average Bonchev–Trinajstić information content (AvgIpc) is 3.12. The lowest BCUT2D eigenvalue weighted by Crippen LogP contribution is -2.32. The third-order valence-corrected chi connectivity index (χ3v) is 4.19. The average molecular weight is 423 g/mol. The van der Waals surface area contributed by atoms with E-state index in [1.54, 1.807) is 6.92 Å². The van der Waals surface area contributed by atoms with E-state index in [9.17, 15) is 14.4 Å². The van der Waals surface area contributed by atoms with Crippen LogP contribution in [0.3, 0.4) is 0 Å². The summed E-state index contributed by atoms with van der Waals surface area (Å²) < 4.78 is 11.5. The minimum atomic E-state index is -1.11. The highest BCUT2D eigenvalue weighted by atomic mass is 79.9. The highest BCUT2D eigenvalue weighted by Crippen LogP contribution is 2.24. The first-order valence-corrected chi connectivity index (χ1v) is 8.66. The maximum atomic E-state index is 11.6. The van der Waals surface area contributed by atoms with E-state index in [4.69, 9.17) is 9.15 Å². The van der Waals surface area contributed by atoms with Gasteiger partial charge in [0.25, 0.3) is 11.8 Å². The van der Waals surface area contributed by atoms with Crippen LogP contribution >= 0.6 is 15.9 Å². The number of halogens is 1. The van der Waals surface area contributed by atoms with Crippen LogP contribution in [0.25, 0.3) is 11.5 Å². The number of carbonyl (C=O) groups is 3. The predicted molar refractivity (Wildman–Crippen MR) is 91.6 cm³/mol. The fourth-order valence-electron chi connectivity index (χ4n) is 2.39. The minimum Gasteiger partial charge on any atom is -0.441 e. The van der Waals surface area contributed by atoms with Gasteiger partial charge in [-0.2, -0.15) is 0 Å². The lowest BCUT2D eigenvalue weighted by molar-refractivity contribution is -0.177. The Kier molecular flexibility index (Phi) is 5.36. The summed E-state index contributed by atoms with van der Waals surface area (Å²) in [5.41, 5.74) is 1.46. The highest BCUT2D eigenvalue weighted by molar-refractivity contribution is 9.10. The summed E-state index contributed by atoms with van der Waals surface area (Å²) in [7, 11) is 0. The van der Waals surface area contributed by atoms with Gasteiger partial charge in [0.2, 0.25) is 5.89 Å². The molecule has 9 heteroatoms. The number of aromatic nitrogens is 1. The molecule has 0 bridgehead atoms. The van der Waals surface area contributed by atoms with Crippen molar-refractivity contribution in [2.45, 2.75) is 26.2 Å². The number of rotatable bonds is 5. The largest absolute Gasteiger partial charge is 0.533 e. The van der Waals surface area contributed by atoms with Crippen LogP contribution < -0.4 is 0 Å². The third kappa shape index (κ3) is 4.10. The molecule has 0 spiro atoms. The Labute approximate surface area is 157 Å². The number of hydrogen-bond donors (Lipinski definition) is 0. The van der Waals surface area contributed by atoms with Gasteiger partial charge in [-0.05, 0) is 25.1 Å². The summed E-state index contributed by atoms with van der Waals surface area (Å²) in [6.07, 6.45) is -0.743. The number of carbonyl (C=O) groups excluding carboxylic acids is 3. The molecule has 0 radical (unpaired) electrons. The molecule has 3 rings (SSSR count). The number of nitrogens with zero attached hydrogens (tertiary/aromatic N) is 2. The van der Waals surface area contributed by atoms with Gasteiger partial charge in [-0.25, -0.2) is 9.78 Å². The molecule has 0 saturated carbocycles. The first kappa shape index (κ1) is 18.1. The summed E-state index contributed by atoms with van der Waals surface area (Å²) in [4.78, 5) is 43.3. The third-order valence-electron chi connectivity index (χ3n) is 3.69. The minimum absolute atomic E-state index is 0.0274. The summed E-state index contributed by atoms with van der Waals surface area (Å²) in [6.45, 7) is 1.74. The van der Waals surface area contributed by atoms with Gasteiger partial charge in [-0.1, -0.05) is 27.1 Å². The van der Waals surface area contributed by atoms with Crippen molar-refractivity contribution in [3.05, 3.63) is 40.2 Å². The van der Waals surface area contributed by atoms with Crippen molar-refractivity contribution in [2.24, 2.45) is 0 Å². The molecule has 0 aliphatic carbocycles. The maximum absolute atomic E-state index is 11.6. The lowest BCUT2D eigenvalue weighted by Gasteiger charge is -2.12. The Morgan fingerprint density at radius 2 is 2.04 bits per heavy atom. The van der Waals surface area contributed by atoms with Crippen LogP contribution in [-0.2, 0) is 25.6 Å². The van der Waals surface area contributed by atoms with Crippen LogP contribution in [-0.4, -0.2) is 34.6 Å². The molecule has 1 aliphatic heterocycles. The zero-order valence-corrected chi connectivity index (χ0v) is 15.4. The Balaban J connectivity index is 1.54. The number of hydrogen-bond acceptors (Lipinski definition) is 7. The number of amides is 2. The van der Waals surface area contributed by atoms with Crippen molar-refractivity contribution in [1.29, 1.82) is 0 Å². The fraction of sp³-hybridized carbons (Fsp3) is 0.294. The van der Waals surface area contributed by atoms with Crippen LogP contribution in [0.4, 0.5) is 4.79 Å². The first-order valence-electron chi connectivity index (χ1n) is 7.87. The molecule has 2 aromatic rings. The van der Waals surface area contributed by atoms with E-state index >= 15 is 0 Å². The molecule has 1 aromatic carbocycles. The van der Waals surface area contributed by atoms with Gasteiger partial charge < -0.3 is 9.15 Å². The zero-order valence-electron chi connectivity index (χ0n) is 13.9. The molecule has 0 N–H and O–H groups in total. The van der Waals surface area contributed by atoms with Crippen LogP contribution in [0.2, 0.25) is 0 Å². The van der Waals surface area contributed by atoms with E-state index in [1.165, 1.54) is 0 Å². The molecule has 1 fully saturated rings. The Hall–Kier alpha value is -2.68. The van der Waals surface area contributed by atoms with Crippen molar-refractivity contribution in [3.63, 3.8) is 0 Å². The molecule has 136 valence electrons. The quantitative estimate of drug-likeness (QED) is 0.538. The van der Waals surface area contributed by atoms with Gasteiger partial charge in [0.15, 0.2) is 0 Å². The van der Waals surface area contributed by atoms with Crippen molar-refractivity contribution in [2.75, 3.05) is 6.61 Å². The Morgan fingerprint density at radius 3 is 2.73 bits per heavy atom. The van der Waals surface area contributed by atoms with Gasteiger partial charge >= 0.3 is 6.16 Å². The predicted octanol–water partition coefficient (Wildman–Crippen LogP) is 3.17. The second-order valence-electron chi connectivity index (χ2n) is 5.55. The number of ether oxygens (including phenoxy) is 1.